The van der Waals surface area contributed by atoms with Gasteiger partial charge in [0.05, 0.1) is 13.2 Å². The molecular formula is C15H20N2O4. The Kier molecular flexibility index (Phi) is 5.50. The minimum absolute atomic E-state index is 0.419. The van der Waals surface area contributed by atoms with Crippen molar-refractivity contribution in [2.24, 2.45) is 4.99 Å². The van der Waals surface area contributed by atoms with Crippen LogP contribution in [0.5, 0.6) is 5.75 Å². The fraction of sp³-hybridized carbons (Fsp3) is 0.467. The molecule has 0 bridgehead atoms. The minimum Gasteiger partial charge on any atom is -0.496 e. The molecule has 6 nitrogen and oxygen atoms in total. The van der Waals surface area contributed by atoms with E-state index in [0.717, 1.165) is 0 Å². The third-order valence-corrected chi connectivity index (χ3v) is 2.57. The van der Waals surface area contributed by atoms with Gasteiger partial charge in [-0.1, -0.05) is 0 Å². The molecule has 0 spiro atoms. The summed E-state index contributed by atoms with van der Waals surface area (Å²) in [6.45, 7) is 7.09. The standard InChI is InChI=1S/C15H20N2O4/c1-10(16-9-18)12-8-11(6-7-13(12)20-5)17-14(19)21-15(2,3)4/h6-8,10H,1-5H3,(H,17,19). The number of aliphatic imine (C=N–C) groups is 1. The number of nitrogens with zero attached hydrogens (tertiary/aromatic N) is 1. The van der Waals surface area contributed by atoms with Gasteiger partial charge in [-0.15, -0.1) is 0 Å². The van der Waals surface area contributed by atoms with Crippen molar-refractivity contribution in [3.63, 3.8) is 0 Å². The van der Waals surface area contributed by atoms with Crippen molar-refractivity contribution in [3.05, 3.63) is 23.8 Å². The Morgan fingerprint density at radius 3 is 2.57 bits per heavy atom. The lowest BCUT2D eigenvalue weighted by molar-refractivity contribution is 0.0636. The average molecular weight is 292 g/mol. The van der Waals surface area contributed by atoms with Gasteiger partial charge >= 0.3 is 6.09 Å². The number of carbonyl (C=O) groups is 1. The summed E-state index contributed by atoms with van der Waals surface area (Å²) in [5.41, 5.74) is 0.636. The average Bonchev–Trinajstić information content (AvgIpc) is 2.36. The number of anilines is 1. The van der Waals surface area contributed by atoms with Crippen LogP contribution in [0.25, 0.3) is 0 Å². The Bertz CT molecular complexity index is 557. The van der Waals surface area contributed by atoms with Crippen LogP contribution in [-0.4, -0.2) is 24.9 Å². The molecular weight excluding hydrogens is 272 g/mol. The van der Waals surface area contributed by atoms with Crippen LogP contribution in [0.3, 0.4) is 0 Å². The van der Waals surface area contributed by atoms with E-state index in [1.165, 1.54) is 13.2 Å². The SMILES string of the molecule is COc1ccc(NC(=O)OC(C)(C)C)cc1C(C)N=C=O. The quantitative estimate of drug-likeness (QED) is 0.681. The topological polar surface area (TPSA) is 77.0 Å². The molecule has 21 heavy (non-hydrogen) atoms. The van der Waals surface area contributed by atoms with Gasteiger partial charge in [0.1, 0.15) is 11.4 Å². The largest absolute Gasteiger partial charge is 0.496 e. The molecule has 1 amide bonds. The Balaban J connectivity index is 2.97. The third kappa shape index (κ3) is 5.28. The van der Waals surface area contributed by atoms with Crippen molar-refractivity contribution < 1.29 is 19.1 Å². The second-order valence-electron chi connectivity index (χ2n) is 5.48. The fourth-order valence-electron chi connectivity index (χ4n) is 1.71. The molecule has 0 aliphatic rings. The van der Waals surface area contributed by atoms with Gasteiger partial charge in [0.25, 0.3) is 0 Å². The van der Waals surface area contributed by atoms with Crippen molar-refractivity contribution in [2.45, 2.75) is 39.3 Å². The number of hydrogen-bond donors (Lipinski definition) is 1. The highest BCUT2D eigenvalue weighted by Gasteiger charge is 2.17. The molecule has 1 aromatic rings. The van der Waals surface area contributed by atoms with E-state index >= 15 is 0 Å². The lowest BCUT2D eigenvalue weighted by atomic mass is 10.1. The van der Waals surface area contributed by atoms with Gasteiger partial charge < -0.3 is 9.47 Å². The molecule has 0 radical (unpaired) electrons. The summed E-state index contributed by atoms with van der Waals surface area (Å²) in [4.78, 5) is 25.8. The van der Waals surface area contributed by atoms with Gasteiger partial charge in [-0.2, -0.15) is 4.99 Å². The van der Waals surface area contributed by atoms with Gasteiger partial charge in [-0.05, 0) is 45.9 Å². The summed E-state index contributed by atoms with van der Waals surface area (Å²) >= 11 is 0. The van der Waals surface area contributed by atoms with E-state index in [1.54, 1.807) is 45.9 Å². The molecule has 1 atom stereocenters. The normalized spacial score (nSPS) is 12.0. The Morgan fingerprint density at radius 2 is 2.05 bits per heavy atom. The molecule has 0 aliphatic carbocycles. The molecule has 0 saturated heterocycles. The summed E-state index contributed by atoms with van der Waals surface area (Å²) in [6, 6.07) is 4.65. The smallest absolute Gasteiger partial charge is 0.412 e. The Morgan fingerprint density at radius 1 is 1.38 bits per heavy atom. The van der Waals surface area contributed by atoms with Gasteiger partial charge in [-0.25, -0.2) is 9.59 Å². The highest BCUT2D eigenvalue weighted by Crippen LogP contribution is 2.30. The van der Waals surface area contributed by atoms with E-state index < -0.39 is 17.7 Å². The van der Waals surface area contributed by atoms with Crippen LogP contribution in [-0.2, 0) is 9.53 Å². The number of hydrogen-bond acceptors (Lipinski definition) is 5. The number of carbonyl (C=O) groups excluding carboxylic acids is 2. The van der Waals surface area contributed by atoms with Gasteiger partial charge in [0.2, 0.25) is 6.08 Å². The molecule has 1 rings (SSSR count). The number of amides is 1. The highest BCUT2D eigenvalue weighted by molar-refractivity contribution is 5.85. The first-order valence-electron chi connectivity index (χ1n) is 6.51. The lowest BCUT2D eigenvalue weighted by Gasteiger charge is -2.20. The van der Waals surface area contributed by atoms with E-state index in [-0.39, 0.29) is 0 Å². The van der Waals surface area contributed by atoms with E-state index in [0.29, 0.717) is 17.0 Å². The van der Waals surface area contributed by atoms with Crippen molar-refractivity contribution in [3.8, 4) is 5.75 Å². The zero-order valence-electron chi connectivity index (χ0n) is 12.9. The molecule has 0 aliphatic heterocycles. The van der Waals surface area contributed by atoms with Gasteiger partial charge in [0.15, 0.2) is 0 Å². The Labute approximate surface area is 124 Å². The van der Waals surface area contributed by atoms with E-state index in [1.807, 2.05) is 0 Å². The van der Waals surface area contributed by atoms with Crippen LogP contribution < -0.4 is 10.1 Å². The second kappa shape index (κ2) is 6.90. The fourth-order valence-corrected chi connectivity index (χ4v) is 1.71. The van der Waals surface area contributed by atoms with E-state index in [2.05, 4.69) is 10.3 Å². The maximum absolute atomic E-state index is 11.7. The van der Waals surface area contributed by atoms with Crippen molar-refractivity contribution in [2.75, 3.05) is 12.4 Å². The number of ether oxygens (including phenoxy) is 2. The number of rotatable bonds is 4. The predicted molar refractivity (Wildman–Crippen MR) is 79.4 cm³/mol. The van der Waals surface area contributed by atoms with Crippen LogP contribution in [0, 0.1) is 0 Å². The summed E-state index contributed by atoms with van der Waals surface area (Å²) in [5.74, 6) is 0.580. The number of benzene rings is 1. The number of methoxy groups -OCH3 is 1. The second-order valence-corrected chi connectivity index (χ2v) is 5.48. The summed E-state index contributed by atoms with van der Waals surface area (Å²) in [6.07, 6.45) is 0.965. The summed E-state index contributed by atoms with van der Waals surface area (Å²) in [7, 11) is 1.52. The zero-order chi connectivity index (χ0) is 16.0. The monoisotopic (exact) mass is 292 g/mol. The molecule has 0 heterocycles. The number of isocyanates is 1. The van der Waals surface area contributed by atoms with Crippen molar-refractivity contribution in [1.29, 1.82) is 0 Å². The molecule has 1 N–H and O–H groups in total. The molecule has 0 fully saturated rings. The molecule has 1 aromatic carbocycles. The molecule has 6 heteroatoms. The van der Waals surface area contributed by atoms with E-state index in [4.69, 9.17) is 9.47 Å². The first kappa shape index (κ1) is 16.7. The van der Waals surface area contributed by atoms with Crippen LogP contribution >= 0.6 is 0 Å². The van der Waals surface area contributed by atoms with Crippen molar-refractivity contribution in [1.82, 2.24) is 0 Å². The Hall–Kier alpha value is -2.33. The number of nitrogens with one attached hydrogen (secondary N) is 1. The molecule has 0 aromatic heterocycles. The maximum atomic E-state index is 11.7. The van der Waals surface area contributed by atoms with Gasteiger partial charge in [0, 0.05) is 11.3 Å². The van der Waals surface area contributed by atoms with Crippen LogP contribution in [0.15, 0.2) is 23.2 Å². The predicted octanol–water partition coefficient (Wildman–Crippen LogP) is 3.44. The molecule has 0 saturated carbocycles. The van der Waals surface area contributed by atoms with Crippen LogP contribution in [0.4, 0.5) is 10.5 Å². The minimum atomic E-state index is -0.575. The zero-order valence-corrected chi connectivity index (χ0v) is 12.9. The van der Waals surface area contributed by atoms with Gasteiger partial charge in [-0.3, -0.25) is 5.32 Å². The first-order valence-corrected chi connectivity index (χ1v) is 6.51. The lowest BCUT2D eigenvalue weighted by Crippen LogP contribution is -2.27. The summed E-state index contributed by atoms with van der Waals surface area (Å²) < 4.78 is 10.4. The van der Waals surface area contributed by atoms with E-state index in [9.17, 15) is 9.59 Å². The highest BCUT2D eigenvalue weighted by atomic mass is 16.6. The summed E-state index contributed by atoms with van der Waals surface area (Å²) in [5, 5.41) is 2.63. The van der Waals surface area contributed by atoms with Crippen molar-refractivity contribution >= 4 is 17.9 Å². The first-order chi connectivity index (χ1) is 9.76. The third-order valence-electron chi connectivity index (χ3n) is 2.57. The van der Waals surface area contributed by atoms with Crippen LogP contribution in [0.2, 0.25) is 0 Å². The molecule has 114 valence electrons. The molecule has 1 unspecified atom stereocenters. The van der Waals surface area contributed by atoms with Crippen LogP contribution in [0.1, 0.15) is 39.3 Å². The maximum Gasteiger partial charge on any atom is 0.412 e.